The van der Waals surface area contributed by atoms with Crippen LogP contribution in [0.15, 0.2) is 24.3 Å². The van der Waals surface area contributed by atoms with E-state index in [0.29, 0.717) is 17.0 Å². The molecule has 3 nitrogen and oxygen atoms in total. The Hall–Kier alpha value is -1.64. The van der Waals surface area contributed by atoms with Crippen LogP contribution in [-0.2, 0) is 0 Å². The number of amides is 1. The highest BCUT2D eigenvalue weighted by Crippen LogP contribution is 2.22. The molecule has 1 unspecified atom stereocenters. The first kappa shape index (κ1) is 18.4. The van der Waals surface area contributed by atoms with E-state index in [1.165, 1.54) is 0 Å². The van der Waals surface area contributed by atoms with Gasteiger partial charge in [-0.2, -0.15) is 0 Å². The molecule has 1 N–H and O–H groups in total. The molecule has 0 saturated heterocycles. The summed E-state index contributed by atoms with van der Waals surface area (Å²) in [7, 11) is 0. The van der Waals surface area contributed by atoms with Crippen LogP contribution in [0.25, 0.3) is 0 Å². The average Bonchev–Trinajstić information content (AvgIpc) is 2.45. The van der Waals surface area contributed by atoms with Crippen molar-refractivity contribution in [2.75, 3.05) is 0 Å². The van der Waals surface area contributed by atoms with Gasteiger partial charge in [0, 0.05) is 24.5 Å². The molecule has 1 rings (SSSR count). The van der Waals surface area contributed by atoms with Crippen LogP contribution in [0.3, 0.4) is 0 Å². The number of Topliss-reactive ketones (excluding diaryl/α,β-unsaturated/α-hetero) is 1. The van der Waals surface area contributed by atoms with Crippen molar-refractivity contribution < 1.29 is 11.0 Å². The Balaban J connectivity index is 0.00000484. The lowest BCUT2D eigenvalue weighted by molar-refractivity contribution is 0.0892. The van der Waals surface area contributed by atoms with Gasteiger partial charge in [-0.25, -0.2) is 0 Å². The average molecular weight is 305 g/mol. The third-order valence-corrected chi connectivity index (χ3v) is 3.62. The minimum absolute atomic E-state index is 0. The van der Waals surface area contributed by atoms with E-state index >= 15 is 0 Å². The zero-order chi connectivity index (χ0) is 16.7. The zero-order valence-corrected chi connectivity index (χ0v) is 14.5. The molecule has 0 radical (unpaired) electrons. The van der Waals surface area contributed by atoms with E-state index in [1.54, 1.807) is 24.3 Å². The molecule has 3 heteroatoms. The minimum Gasteiger partial charge on any atom is -0.350 e. The van der Waals surface area contributed by atoms with Gasteiger partial charge in [0.15, 0.2) is 5.78 Å². The molecule has 0 bridgehead atoms. The fourth-order valence-corrected chi connectivity index (χ4v) is 2.64. The Morgan fingerprint density at radius 3 is 2.05 bits per heavy atom. The second kappa shape index (κ2) is 8.72. The Morgan fingerprint density at radius 1 is 1.05 bits per heavy atom. The van der Waals surface area contributed by atoms with E-state index in [4.69, 9.17) is 0 Å². The molecule has 22 heavy (non-hydrogen) atoms. The lowest BCUT2D eigenvalue weighted by Crippen LogP contribution is -2.30. The molecule has 0 aromatic heterocycles. The lowest BCUT2D eigenvalue weighted by Gasteiger charge is -2.17. The molecule has 0 aliphatic rings. The molecule has 1 aromatic carbocycles. The third kappa shape index (κ3) is 5.63. The van der Waals surface area contributed by atoms with Gasteiger partial charge < -0.3 is 5.32 Å². The third-order valence-electron chi connectivity index (χ3n) is 3.62. The van der Waals surface area contributed by atoms with Crippen molar-refractivity contribution in [3.8, 4) is 0 Å². The van der Waals surface area contributed by atoms with Crippen LogP contribution < -0.4 is 5.32 Å². The van der Waals surface area contributed by atoms with Crippen LogP contribution in [0.1, 0.15) is 76.0 Å². The number of nitrogens with one attached hydrogen (secondary N) is 1. The molecule has 1 amide bonds. The molecule has 0 heterocycles. The first-order valence-electron chi connectivity index (χ1n) is 8.30. The van der Waals surface area contributed by atoms with E-state index in [-0.39, 0.29) is 25.1 Å². The monoisotopic (exact) mass is 305 g/mol. The van der Waals surface area contributed by atoms with Gasteiger partial charge in [0.25, 0.3) is 5.91 Å². The summed E-state index contributed by atoms with van der Waals surface area (Å²) < 4.78 is 0. The maximum Gasteiger partial charge on any atom is 0.251 e. The standard InChI is InChI=1S/C19H29NO2.H2/c1-6-7-17(12-13(2)3)18(21)15-8-10-16(11-9-15)19(22)20-14(4)5;/h8-11,13-14,17H,6-7,12H2,1-5H3,(H,20,22);1H. The molecule has 124 valence electrons. The Morgan fingerprint density at radius 2 is 1.59 bits per heavy atom. The molecule has 0 aliphatic carbocycles. The highest BCUT2D eigenvalue weighted by molar-refractivity contribution is 6.00. The SMILES string of the molecule is CCCC(CC(C)C)C(=O)c1ccc(C(=O)NC(C)C)cc1.[HH]. The van der Waals surface area contributed by atoms with Crippen molar-refractivity contribution in [1.29, 1.82) is 0 Å². The van der Waals surface area contributed by atoms with Crippen LogP contribution in [-0.4, -0.2) is 17.7 Å². The fraction of sp³-hybridized carbons (Fsp3) is 0.579. The van der Waals surface area contributed by atoms with Crippen molar-refractivity contribution >= 4 is 11.7 Å². The Labute approximate surface area is 136 Å². The van der Waals surface area contributed by atoms with Crippen LogP contribution in [0.2, 0.25) is 0 Å². The number of hydrogen-bond donors (Lipinski definition) is 1. The number of ketones is 1. The second-order valence-corrected chi connectivity index (χ2v) is 6.68. The normalized spacial score (nSPS) is 12.5. The predicted octanol–water partition coefficient (Wildman–Crippen LogP) is 4.72. The van der Waals surface area contributed by atoms with Gasteiger partial charge in [0.05, 0.1) is 0 Å². The second-order valence-electron chi connectivity index (χ2n) is 6.68. The summed E-state index contributed by atoms with van der Waals surface area (Å²) in [5, 5.41) is 2.85. The topological polar surface area (TPSA) is 46.2 Å². The highest BCUT2D eigenvalue weighted by Gasteiger charge is 2.20. The quantitative estimate of drug-likeness (QED) is 0.707. The van der Waals surface area contributed by atoms with Gasteiger partial charge in [-0.1, -0.05) is 39.3 Å². The molecular weight excluding hydrogens is 274 g/mol. The molecular formula is C19H31NO2. The van der Waals surface area contributed by atoms with Gasteiger partial charge in [0.2, 0.25) is 0 Å². The Bertz CT molecular complexity index is 495. The summed E-state index contributed by atoms with van der Waals surface area (Å²) in [6, 6.07) is 7.14. The minimum atomic E-state index is -0.0960. The summed E-state index contributed by atoms with van der Waals surface area (Å²) in [6.45, 7) is 10.3. The number of benzene rings is 1. The van der Waals surface area contributed by atoms with Crippen molar-refractivity contribution in [3.63, 3.8) is 0 Å². The van der Waals surface area contributed by atoms with Gasteiger partial charge in [0.1, 0.15) is 0 Å². The first-order chi connectivity index (χ1) is 10.3. The molecule has 1 aromatic rings. The molecule has 1 atom stereocenters. The largest absolute Gasteiger partial charge is 0.350 e. The van der Waals surface area contributed by atoms with Crippen molar-refractivity contribution in [2.24, 2.45) is 11.8 Å². The van der Waals surface area contributed by atoms with Gasteiger partial charge in [-0.3, -0.25) is 9.59 Å². The van der Waals surface area contributed by atoms with E-state index < -0.39 is 0 Å². The summed E-state index contributed by atoms with van der Waals surface area (Å²) in [5.74, 6) is 0.699. The van der Waals surface area contributed by atoms with Gasteiger partial charge in [-0.15, -0.1) is 0 Å². The van der Waals surface area contributed by atoms with Crippen LogP contribution in [0.4, 0.5) is 0 Å². The zero-order valence-electron chi connectivity index (χ0n) is 14.5. The highest BCUT2D eigenvalue weighted by atomic mass is 16.1. The molecule has 0 fully saturated rings. The van der Waals surface area contributed by atoms with Gasteiger partial charge >= 0.3 is 0 Å². The lowest BCUT2D eigenvalue weighted by atomic mass is 9.86. The van der Waals surface area contributed by atoms with Crippen molar-refractivity contribution in [3.05, 3.63) is 35.4 Å². The van der Waals surface area contributed by atoms with E-state index in [9.17, 15) is 9.59 Å². The summed E-state index contributed by atoms with van der Waals surface area (Å²) in [5.41, 5.74) is 1.31. The number of carbonyl (C=O) groups excluding carboxylic acids is 2. The smallest absolute Gasteiger partial charge is 0.251 e. The number of hydrogen-bond acceptors (Lipinski definition) is 2. The van der Waals surface area contributed by atoms with E-state index in [1.807, 2.05) is 13.8 Å². The summed E-state index contributed by atoms with van der Waals surface area (Å²) >= 11 is 0. The van der Waals surface area contributed by atoms with Crippen molar-refractivity contribution in [2.45, 2.75) is 59.9 Å². The summed E-state index contributed by atoms with van der Waals surface area (Å²) in [6.07, 6.45) is 2.85. The predicted molar refractivity (Wildman–Crippen MR) is 93.3 cm³/mol. The molecule has 0 saturated carbocycles. The van der Waals surface area contributed by atoms with E-state index in [0.717, 1.165) is 19.3 Å². The van der Waals surface area contributed by atoms with E-state index in [2.05, 4.69) is 26.1 Å². The van der Waals surface area contributed by atoms with Crippen molar-refractivity contribution in [1.82, 2.24) is 5.32 Å². The maximum atomic E-state index is 12.6. The Kier molecular flexibility index (Phi) is 7.30. The number of carbonyl (C=O) groups is 2. The number of rotatable bonds is 8. The first-order valence-corrected chi connectivity index (χ1v) is 8.30. The van der Waals surface area contributed by atoms with Crippen LogP contribution in [0.5, 0.6) is 0 Å². The summed E-state index contributed by atoms with van der Waals surface area (Å²) in [4.78, 5) is 24.6. The van der Waals surface area contributed by atoms with Crippen LogP contribution in [0, 0.1) is 11.8 Å². The molecule has 0 aliphatic heterocycles. The van der Waals surface area contributed by atoms with Gasteiger partial charge in [-0.05, 0) is 44.7 Å². The molecule has 0 spiro atoms. The maximum absolute atomic E-state index is 12.6. The van der Waals surface area contributed by atoms with Crippen LogP contribution >= 0.6 is 0 Å². The fourth-order valence-electron chi connectivity index (χ4n) is 2.64.